The van der Waals surface area contributed by atoms with Gasteiger partial charge in [-0.05, 0) is 23.6 Å². The van der Waals surface area contributed by atoms with Crippen LogP contribution in [0.4, 0.5) is 13.2 Å². The SMILES string of the molecule is O=C1C(c2ccccc2C(F)(F)F)=C2N=C(N3CCCOCC3)N=C2C2=CC=CC=CC12. The van der Waals surface area contributed by atoms with E-state index >= 15 is 0 Å². The van der Waals surface area contributed by atoms with Crippen molar-refractivity contribution >= 4 is 23.0 Å². The maximum absolute atomic E-state index is 13.8. The fourth-order valence-corrected chi connectivity index (χ4v) is 4.34. The first-order valence-corrected chi connectivity index (χ1v) is 10.5. The Balaban J connectivity index is 1.72. The highest BCUT2D eigenvalue weighted by Crippen LogP contribution is 2.43. The van der Waals surface area contributed by atoms with Crippen LogP contribution >= 0.6 is 0 Å². The van der Waals surface area contributed by atoms with E-state index in [0.717, 1.165) is 12.5 Å². The van der Waals surface area contributed by atoms with E-state index in [0.29, 0.717) is 43.5 Å². The molecule has 0 saturated carbocycles. The van der Waals surface area contributed by atoms with Crippen LogP contribution in [0, 0.1) is 5.92 Å². The molecular weight excluding hydrogens is 419 g/mol. The van der Waals surface area contributed by atoms with Crippen molar-refractivity contribution in [2.75, 3.05) is 26.3 Å². The van der Waals surface area contributed by atoms with E-state index in [2.05, 4.69) is 4.99 Å². The molecule has 164 valence electrons. The summed E-state index contributed by atoms with van der Waals surface area (Å²) in [5, 5.41) is 0. The van der Waals surface area contributed by atoms with Gasteiger partial charge in [-0.2, -0.15) is 13.2 Å². The molecule has 1 unspecified atom stereocenters. The number of benzene rings is 1. The topological polar surface area (TPSA) is 54.3 Å². The van der Waals surface area contributed by atoms with Crippen LogP contribution in [0.2, 0.25) is 0 Å². The van der Waals surface area contributed by atoms with Crippen molar-refractivity contribution in [1.82, 2.24) is 4.90 Å². The molecule has 5 rings (SSSR count). The van der Waals surface area contributed by atoms with E-state index in [1.54, 1.807) is 30.4 Å². The average molecular weight is 439 g/mol. The number of carbonyl (C=O) groups excluding carboxylic acids is 1. The predicted octanol–water partition coefficient (Wildman–Crippen LogP) is 4.20. The van der Waals surface area contributed by atoms with Gasteiger partial charge in [0, 0.05) is 19.7 Å². The van der Waals surface area contributed by atoms with Crippen LogP contribution in [-0.4, -0.2) is 48.7 Å². The number of ether oxygens (including phenoxy) is 1. The zero-order chi connectivity index (χ0) is 22.3. The van der Waals surface area contributed by atoms with Crippen molar-refractivity contribution < 1.29 is 22.7 Å². The zero-order valence-electron chi connectivity index (χ0n) is 17.1. The van der Waals surface area contributed by atoms with E-state index in [4.69, 9.17) is 9.73 Å². The number of fused-ring (bicyclic) bond motifs is 3. The van der Waals surface area contributed by atoms with Gasteiger partial charge in [0.15, 0.2) is 5.78 Å². The number of hydrogen-bond donors (Lipinski definition) is 0. The van der Waals surface area contributed by atoms with E-state index in [9.17, 15) is 18.0 Å². The Bertz CT molecular complexity index is 1150. The van der Waals surface area contributed by atoms with Gasteiger partial charge in [0.05, 0.1) is 29.4 Å². The smallest absolute Gasteiger partial charge is 0.380 e. The normalized spacial score (nSPS) is 23.2. The van der Waals surface area contributed by atoms with Gasteiger partial charge in [-0.3, -0.25) is 4.79 Å². The van der Waals surface area contributed by atoms with Gasteiger partial charge in [0.2, 0.25) is 5.96 Å². The van der Waals surface area contributed by atoms with E-state index < -0.39 is 23.4 Å². The van der Waals surface area contributed by atoms with Crippen molar-refractivity contribution in [1.29, 1.82) is 0 Å². The highest BCUT2D eigenvalue weighted by molar-refractivity contribution is 6.40. The van der Waals surface area contributed by atoms with Gasteiger partial charge >= 0.3 is 6.18 Å². The molecule has 0 amide bonds. The van der Waals surface area contributed by atoms with E-state index in [1.165, 1.54) is 18.2 Å². The molecule has 0 N–H and O–H groups in total. The molecule has 2 aliphatic carbocycles. The third-order valence-electron chi connectivity index (χ3n) is 5.83. The maximum atomic E-state index is 13.8. The van der Waals surface area contributed by atoms with Crippen LogP contribution in [-0.2, 0) is 15.7 Å². The Kier molecular flexibility index (Phi) is 5.17. The number of rotatable bonds is 1. The first-order chi connectivity index (χ1) is 15.4. The fourth-order valence-electron chi connectivity index (χ4n) is 4.34. The molecule has 0 radical (unpaired) electrons. The van der Waals surface area contributed by atoms with Crippen molar-refractivity contribution in [3.8, 4) is 0 Å². The Morgan fingerprint density at radius 2 is 1.88 bits per heavy atom. The molecule has 1 fully saturated rings. The predicted molar refractivity (Wildman–Crippen MR) is 115 cm³/mol. The fraction of sp³-hybridized carbons (Fsp3) is 0.292. The highest BCUT2D eigenvalue weighted by Gasteiger charge is 2.43. The monoisotopic (exact) mass is 439 g/mol. The summed E-state index contributed by atoms with van der Waals surface area (Å²) in [5.41, 5.74) is 0.252. The number of carbonyl (C=O) groups is 1. The lowest BCUT2D eigenvalue weighted by molar-refractivity contribution is -0.137. The molecule has 32 heavy (non-hydrogen) atoms. The van der Waals surface area contributed by atoms with Gasteiger partial charge in [-0.15, -0.1) is 0 Å². The summed E-state index contributed by atoms with van der Waals surface area (Å²) >= 11 is 0. The van der Waals surface area contributed by atoms with Crippen LogP contribution < -0.4 is 0 Å². The Hall–Kier alpha value is -3.26. The maximum Gasteiger partial charge on any atom is 0.417 e. The van der Waals surface area contributed by atoms with Gasteiger partial charge in [-0.25, -0.2) is 9.98 Å². The number of aliphatic imine (C=N–C) groups is 2. The van der Waals surface area contributed by atoms with Crippen LogP contribution in [0.25, 0.3) is 5.57 Å². The lowest BCUT2D eigenvalue weighted by Crippen LogP contribution is -2.31. The Morgan fingerprint density at radius 1 is 1.03 bits per heavy atom. The number of hydrogen-bond acceptors (Lipinski definition) is 5. The largest absolute Gasteiger partial charge is 0.417 e. The minimum Gasteiger partial charge on any atom is -0.380 e. The van der Waals surface area contributed by atoms with Crippen LogP contribution in [0.1, 0.15) is 17.5 Å². The molecule has 2 aliphatic heterocycles. The number of halogens is 3. The molecule has 5 nitrogen and oxygen atoms in total. The first kappa shape index (κ1) is 20.6. The second kappa shape index (κ2) is 8.02. The second-order valence-electron chi connectivity index (χ2n) is 7.83. The van der Waals surface area contributed by atoms with Crippen molar-refractivity contribution in [3.05, 3.63) is 77.0 Å². The number of allylic oxidation sites excluding steroid dienone is 7. The number of nitrogens with zero attached hydrogens (tertiary/aromatic N) is 3. The Labute approximate surface area is 183 Å². The lowest BCUT2D eigenvalue weighted by atomic mass is 9.77. The summed E-state index contributed by atoms with van der Waals surface area (Å²) in [7, 11) is 0. The van der Waals surface area contributed by atoms with Crippen molar-refractivity contribution in [2.24, 2.45) is 15.9 Å². The van der Waals surface area contributed by atoms with Crippen molar-refractivity contribution in [3.63, 3.8) is 0 Å². The standard InChI is InChI=1S/C24H20F3N3O2/c25-24(26,27)18-10-5-4-9-17(18)19-21-20(15-7-2-1-3-8-16(15)22(19)31)28-23(29-21)30-11-6-13-32-14-12-30/h1-5,7-10,16H,6,11-14H2. The van der Waals surface area contributed by atoms with Gasteiger partial charge in [-0.1, -0.05) is 48.6 Å². The lowest BCUT2D eigenvalue weighted by Gasteiger charge is -2.26. The van der Waals surface area contributed by atoms with Gasteiger partial charge < -0.3 is 9.64 Å². The molecule has 0 spiro atoms. The van der Waals surface area contributed by atoms with Gasteiger partial charge in [0.25, 0.3) is 0 Å². The molecule has 2 heterocycles. The molecule has 0 bridgehead atoms. The molecule has 1 atom stereocenters. The second-order valence-corrected chi connectivity index (χ2v) is 7.83. The van der Waals surface area contributed by atoms with E-state index in [1.807, 2.05) is 4.90 Å². The van der Waals surface area contributed by atoms with Crippen LogP contribution in [0.5, 0.6) is 0 Å². The summed E-state index contributed by atoms with van der Waals surface area (Å²) in [6.07, 6.45) is 4.99. The molecule has 4 aliphatic rings. The molecule has 1 saturated heterocycles. The number of ketones is 1. The summed E-state index contributed by atoms with van der Waals surface area (Å²) < 4.78 is 47.0. The number of guanidine groups is 1. The third-order valence-corrected chi connectivity index (χ3v) is 5.83. The summed E-state index contributed by atoms with van der Waals surface area (Å²) in [4.78, 5) is 24.9. The molecular formula is C24H20F3N3O2. The third kappa shape index (κ3) is 3.54. The number of alkyl halides is 3. The number of Topliss-reactive ketones (excluding diaryl/α,β-unsaturated/α-hetero) is 1. The summed E-state index contributed by atoms with van der Waals surface area (Å²) in [6.45, 7) is 2.40. The molecule has 0 aromatic heterocycles. The van der Waals surface area contributed by atoms with Crippen LogP contribution in [0.3, 0.4) is 0 Å². The molecule has 1 aromatic rings. The quantitative estimate of drug-likeness (QED) is 0.659. The molecule has 1 aromatic carbocycles. The summed E-state index contributed by atoms with van der Waals surface area (Å²) in [5.74, 6) is -0.717. The zero-order valence-corrected chi connectivity index (χ0v) is 17.1. The van der Waals surface area contributed by atoms with Crippen molar-refractivity contribution in [2.45, 2.75) is 12.6 Å². The minimum atomic E-state index is -4.61. The minimum absolute atomic E-state index is 0.0357. The van der Waals surface area contributed by atoms with E-state index in [-0.39, 0.29) is 16.8 Å². The first-order valence-electron chi connectivity index (χ1n) is 10.5. The molecule has 8 heteroatoms. The van der Waals surface area contributed by atoms with Gasteiger partial charge in [0.1, 0.15) is 5.70 Å². The van der Waals surface area contributed by atoms with Crippen LogP contribution in [0.15, 0.2) is 75.9 Å². The average Bonchev–Trinajstić information content (AvgIpc) is 2.95. The summed E-state index contributed by atoms with van der Waals surface area (Å²) in [6, 6.07) is 5.15. The highest BCUT2D eigenvalue weighted by atomic mass is 19.4. The Morgan fingerprint density at radius 3 is 2.72 bits per heavy atom.